The Labute approximate surface area is 216 Å². The molecule has 1 N–H and O–H groups in total. The molecule has 168 valence electrons. The molecular weight excluding hydrogens is 545 g/mol. The molecule has 0 aromatic heterocycles. The van der Waals surface area contributed by atoms with Gasteiger partial charge >= 0.3 is 0 Å². The van der Waals surface area contributed by atoms with Gasteiger partial charge < -0.3 is 5.32 Å². The number of carbonyl (C=O) groups is 1. The van der Waals surface area contributed by atoms with Crippen LogP contribution in [0.3, 0.4) is 0 Å². The maximum absolute atomic E-state index is 12.3. The fraction of sp³-hybridized carbons (Fsp3) is 0.120. The Morgan fingerprint density at radius 3 is 2.55 bits per heavy atom. The van der Waals surface area contributed by atoms with Crippen molar-refractivity contribution in [2.45, 2.75) is 12.5 Å². The van der Waals surface area contributed by atoms with Crippen molar-refractivity contribution in [3.63, 3.8) is 0 Å². The second kappa shape index (κ2) is 10.7. The molecule has 0 aliphatic carbocycles. The minimum atomic E-state index is -0.208. The SMILES string of the molecule is O=C(/C=C/c1cccc(Cl)c1)NCC1=NN(c2ccc(Cl)cc2Cl)C(c2ccc(Br)cc2)C1. The summed E-state index contributed by atoms with van der Waals surface area (Å²) < 4.78 is 1.00. The standard InChI is InChI=1S/C25H19BrCl3N3O/c26-18-7-5-17(6-8-18)24-14-21(31-32(24)23-10-9-20(28)13-22(23)29)15-30-25(33)11-4-16-2-1-3-19(27)12-16/h1-13,24H,14-15H2,(H,30,33)/b11-4+. The zero-order valence-corrected chi connectivity index (χ0v) is 21.2. The van der Waals surface area contributed by atoms with Gasteiger partial charge in [-0.15, -0.1) is 0 Å². The summed E-state index contributed by atoms with van der Waals surface area (Å²) in [5.74, 6) is -0.208. The number of amides is 1. The predicted octanol–water partition coefficient (Wildman–Crippen LogP) is 7.55. The van der Waals surface area contributed by atoms with E-state index in [0.29, 0.717) is 28.0 Å². The van der Waals surface area contributed by atoms with Gasteiger partial charge in [0.15, 0.2) is 0 Å². The van der Waals surface area contributed by atoms with E-state index in [4.69, 9.17) is 39.9 Å². The van der Waals surface area contributed by atoms with Crippen molar-refractivity contribution in [3.05, 3.63) is 103 Å². The van der Waals surface area contributed by atoms with Gasteiger partial charge in [0, 0.05) is 27.0 Å². The molecule has 1 amide bonds. The normalized spacial score (nSPS) is 15.7. The summed E-state index contributed by atoms with van der Waals surface area (Å²) in [5.41, 5.74) is 3.56. The van der Waals surface area contributed by atoms with Crippen LogP contribution in [0.5, 0.6) is 0 Å². The first-order valence-electron chi connectivity index (χ1n) is 10.2. The van der Waals surface area contributed by atoms with Crippen LogP contribution < -0.4 is 10.3 Å². The van der Waals surface area contributed by atoms with E-state index in [-0.39, 0.29) is 11.9 Å². The van der Waals surface area contributed by atoms with E-state index in [9.17, 15) is 4.79 Å². The molecule has 0 fully saturated rings. The molecule has 0 saturated heterocycles. The fourth-order valence-electron chi connectivity index (χ4n) is 3.54. The van der Waals surface area contributed by atoms with Crippen molar-refractivity contribution in [1.29, 1.82) is 0 Å². The smallest absolute Gasteiger partial charge is 0.244 e. The molecule has 4 nitrogen and oxygen atoms in total. The largest absolute Gasteiger partial charge is 0.347 e. The maximum Gasteiger partial charge on any atom is 0.244 e. The number of hydrazone groups is 1. The van der Waals surface area contributed by atoms with Gasteiger partial charge in [-0.25, -0.2) is 0 Å². The van der Waals surface area contributed by atoms with Gasteiger partial charge in [0.2, 0.25) is 5.91 Å². The van der Waals surface area contributed by atoms with Crippen molar-refractivity contribution < 1.29 is 4.79 Å². The van der Waals surface area contributed by atoms with Crippen LogP contribution in [0.1, 0.15) is 23.6 Å². The second-order valence-corrected chi connectivity index (χ2v) is 9.68. The molecule has 0 radical (unpaired) electrons. The highest BCUT2D eigenvalue weighted by Gasteiger charge is 2.30. The van der Waals surface area contributed by atoms with Crippen molar-refractivity contribution in [2.24, 2.45) is 5.10 Å². The first-order chi connectivity index (χ1) is 15.9. The van der Waals surface area contributed by atoms with Crippen molar-refractivity contribution >= 4 is 74.1 Å². The number of hydrogen-bond acceptors (Lipinski definition) is 3. The van der Waals surface area contributed by atoms with Crippen LogP contribution in [0.2, 0.25) is 15.1 Å². The van der Waals surface area contributed by atoms with Gasteiger partial charge in [-0.2, -0.15) is 5.10 Å². The van der Waals surface area contributed by atoms with E-state index >= 15 is 0 Å². The fourth-order valence-corrected chi connectivity index (χ4v) is 4.50. The quantitative estimate of drug-likeness (QED) is 0.315. The average Bonchev–Trinajstić information content (AvgIpc) is 3.21. The number of nitrogens with zero attached hydrogens (tertiary/aromatic N) is 2. The molecule has 33 heavy (non-hydrogen) atoms. The van der Waals surface area contributed by atoms with Crippen molar-refractivity contribution in [1.82, 2.24) is 5.32 Å². The highest BCUT2D eigenvalue weighted by Crippen LogP contribution is 2.39. The number of benzene rings is 3. The van der Waals surface area contributed by atoms with Gasteiger partial charge in [-0.1, -0.05) is 75.0 Å². The highest BCUT2D eigenvalue weighted by atomic mass is 79.9. The zero-order chi connectivity index (χ0) is 23.4. The molecule has 4 rings (SSSR count). The lowest BCUT2D eigenvalue weighted by molar-refractivity contribution is -0.116. The summed E-state index contributed by atoms with van der Waals surface area (Å²) in [6, 6.07) is 20.7. The van der Waals surface area contributed by atoms with Crippen LogP contribution in [0, 0.1) is 0 Å². The lowest BCUT2D eigenvalue weighted by Gasteiger charge is -2.25. The van der Waals surface area contributed by atoms with Crippen LogP contribution in [-0.2, 0) is 4.79 Å². The lowest BCUT2D eigenvalue weighted by Crippen LogP contribution is -2.27. The topological polar surface area (TPSA) is 44.7 Å². The highest BCUT2D eigenvalue weighted by molar-refractivity contribution is 9.10. The van der Waals surface area contributed by atoms with E-state index in [0.717, 1.165) is 27.0 Å². The van der Waals surface area contributed by atoms with E-state index in [1.807, 2.05) is 35.3 Å². The predicted molar refractivity (Wildman–Crippen MR) is 141 cm³/mol. The first-order valence-corrected chi connectivity index (χ1v) is 12.1. The van der Waals surface area contributed by atoms with Gasteiger partial charge in [0.25, 0.3) is 0 Å². The number of rotatable bonds is 6. The number of nitrogens with one attached hydrogen (secondary N) is 1. The lowest BCUT2D eigenvalue weighted by atomic mass is 10.0. The summed E-state index contributed by atoms with van der Waals surface area (Å²) in [6.45, 7) is 0.327. The summed E-state index contributed by atoms with van der Waals surface area (Å²) in [4.78, 5) is 12.3. The molecule has 1 aliphatic rings. The Kier molecular flexibility index (Phi) is 7.76. The third kappa shape index (κ3) is 6.18. The van der Waals surface area contributed by atoms with Crippen LogP contribution in [0.15, 0.2) is 82.4 Å². The molecule has 1 unspecified atom stereocenters. The Balaban J connectivity index is 1.50. The summed E-state index contributed by atoms with van der Waals surface area (Å²) in [7, 11) is 0. The minimum absolute atomic E-state index is 0.0503. The number of hydrogen-bond donors (Lipinski definition) is 1. The van der Waals surface area contributed by atoms with Crippen LogP contribution in [-0.4, -0.2) is 18.2 Å². The zero-order valence-electron chi connectivity index (χ0n) is 17.3. The van der Waals surface area contributed by atoms with E-state index in [1.165, 1.54) is 6.08 Å². The van der Waals surface area contributed by atoms with Crippen LogP contribution in [0.4, 0.5) is 5.69 Å². The molecule has 1 aliphatic heterocycles. The molecule has 1 heterocycles. The monoisotopic (exact) mass is 561 g/mol. The van der Waals surface area contributed by atoms with Gasteiger partial charge in [0.05, 0.1) is 29.0 Å². The maximum atomic E-state index is 12.3. The van der Waals surface area contributed by atoms with E-state index in [2.05, 4.69) is 33.4 Å². The minimum Gasteiger partial charge on any atom is -0.347 e. The molecule has 1 atom stereocenters. The second-order valence-electron chi connectivity index (χ2n) is 7.48. The van der Waals surface area contributed by atoms with Crippen molar-refractivity contribution in [3.8, 4) is 0 Å². The van der Waals surface area contributed by atoms with Gasteiger partial charge in [-0.3, -0.25) is 9.80 Å². The third-order valence-electron chi connectivity index (χ3n) is 5.13. The summed E-state index contributed by atoms with van der Waals surface area (Å²) >= 11 is 22.0. The number of halogens is 4. The van der Waals surface area contributed by atoms with Crippen molar-refractivity contribution in [2.75, 3.05) is 11.6 Å². The molecule has 0 saturated carbocycles. The molecule has 3 aromatic carbocycles. The van der Waals surface area contributed by atoms with E-state index in [1.54, 1.807) is 30.3 Å². The summed E-state index contributed by atoms with van der Waals surface area (Å²) in [5, 5.41) is 11.3. The molecular formula is C25H19BrCl3N3O. The molecule has 0 bridgehead atoms. The Hall–Kier alpha value is -2.31. The molecule has 8 heteroatoms. The Morgan fingerprint density at radius 1 is 1.06 bits per heavy atom. The molecule has 0 spiro atoms. The number of anilines is 1. The summed E-state index contributed by atoms with van der Waals surface area (Å²) in [6.07, 6.45) is 3.86. The first kappa shape index (κ1) is 23.8. The van der Waals surface area contributed by atoms with Gasteiger partial charge in [-0.05, 0) is 59.7 Å². The molecule has 3 aromatic rings. The average molecular weight is 564 g/mol. The van der Waals surface area contributed by atoms with Crippen LogP contribution >= 0.6 is 50.7 Å². The van der Waals surface area contributed by atoms with Gasteiger partial charge in [0.1, 0.15) is 0 Å². The Bertz CT molecular complexity index is 1230. The number of carbonyl (C=O) groups excluding carboxylic acids is 1. The van der Waals surface area contributed by atoms with E-state index < -0.39 is 0 Å². The Morgan fingerprint density at radius 2 is 1.82 bits per heavy atom. The van der Waals surface area contributed by atoms with Crippen LogP contribution in [0.25, 0.3) is 6.08 Å². The third-order valence-corrected chi connectivity index (χ3v) is 6.43.